The van der Waals surface area contributed by atoms with E-state index in [-0.39, 0.29) is 0 Å². The van der Waals surface area contributed by atoms with Gasteiger partial charge in [-0.3, -0.25) is 0 Å². The lowest BCUT2D eigenvalue weighted by Crippen LogP contribution is -2.45. The van der Waals surface area contributed by atoms with Crippen LogP contribution < -0.4 is 14.4 Å². The average molecular weight is 478 g/mol. The molecule has 0 aliphatic carbocycles. The van der Waals surface area contributed by atoms with E-state index in [1.165, 1.54) is 22.2 Å². The van der Waals surface area contributed by atoms with Gasteiger partial charge in [-0.1, -0.05) is 60.2 Å². The van der Waals surface area contributed by atoms with Gasteiger partial charge >= 0.3 is 11.9 Å². The molecule has 0 spiro atoms. The smallest absolute Gasteiger partial charge is 0.493 e. The molecule has 1 amide bonds. The quantitative estimate of drug-likeness (QED) is 0.216. The Balaban J connectivity index is 1.55. The zero-order chi connectivity index (χ0) is 25.3. The molecule has 1 unspecified atom stereocenters. The van der Waals surface area contributed by atoms with Crippen molar-refractivity contribution in [2.45, 2.75) is 58.5 Å². The van der Waals surface area contributed by atoms with Crippen molar-refractivity contribution in [2.24, 2.45) is 0 Å². The lowest BCUT2D eigenvalue weighted by molar-refractivity contribution is -0.894. The molecule has 3 aromatic rings. The van der Waals surface area contributed by atoms with Crippen LogP contribution in [0, 0.1) is 0 Å². The van der Waals surface area contributed by atoms with E-state index in [0.29, 0.717) is 31.3 Å². The van der Waals surface area contributed by atoms with E-state index >= 15 is 0 Å². The monoisotopic (exact) mass is 477 g/mol. The summed E-state index contributed by atoms with van der Waals surface area (Å²) in [6, 6.07) is 24.0. The standard InChI is InChI=1S/C29H37N2O4/c1-5-24(25-12-7-6-8-13-25)22-23-15-17-26(18-16-23)34-21-11-19-30(28(32)35-29(2,3)4)27-14-9-10-20-31(27)33/h6-10,12-18,20,24,33H,5,11,19,21-22H2,1-4H3/q+1. The first kappa shape index (κ1) is 26.1. The Labute approximate surface area is 208 Å². The first-order valence-corrected chi connectivity index (χ1v) is 12.2. The molecule has 2 aromatic carbocycles. The Hall–Kier alpha value is -3.54. The third kappa shape index (κ3) is 8.02. The minimum absolute atomic E-state index is 0.340. The van der Waals surface area contributed by atoms with E-state index in [0.717, 1.165) is 23.3 Å². The van der Waals surface area contributed by atoms with E-state index in [4.69, 9.17) is 9.47 Å². The highest BCUT2D eigenvalue weighted by Gasteiger charge is 2.32. The molecule has 6 heteroatoms. The molecule has 1 aromatic heterocycles. The fourth-order valence-electron chi connectivity index (χ4n) is 3.90. The van der Waals surface area contributed by atoms with Gasteiger partial charge in [0.25, 0.3) is 0 Å². The highest BCUT2D eigenvalue weighted by Crippen LogP contribution is 2.25. The Morgan fingerprint density at radius 3 is 2.31 bits per heavy atom. The lowest BCUT2D eigenvalue weighted by Gasteiger charge is -2.22. The molecule has 1 atom stereocenters. The maximum atomic E-state index is 12.8. The molecule has 0 radical (unpaired) electrons. The molecule has 1 heterocycles. The van der Waals surface area contributed by atoms with E-state index in [2.05, 4.69) is 49.4 Å². The second kappa shape index (κ2) is 12.2. The molecule has 0 bridgehead atoms. The second-order valence-corrected chi connectivity index (χ2v) is 9.60. The number of carbonyl (C=O) groups is 1. The summed E-state index contributed by atoms with van der Waals surface area (Å²) >= 11 is 0. The molecule has 0 aliphatic heterocycles. The topological polar surface area (TPSA) is 62.9 Å². The zero-order valence-electron chi connectivity index (χ0n) is 21.2. The van der Waals surface area contributed by atoms with Crippen LogP contribution in [-0.2, 0) is 11.2 Å². The SMILES string of the molecule is CCC(Cc1ccc(OCCCN(C(=O)OC(C)(C)C)c2cccc[n+]2O)cc1)c1ccccc1. The van der Waals surface area contributed by atoms with E-state index in [1.807, 2.05) is 32.9 Å². The van der Waals surface area contributed by atoms with E-state index < -0.39 is 11.7 Å². The average Bonchev–Trinajstić information content (AvgIpc) is 2.83. The summed E-state index contributed by atoms with van der Waals surface area (Å²) < 4.78 is 12.4. The number of benzene rings is 2. The molecule has 6 nitrogen and oxygen atoms in total. The predicted octanol–water partition coefficient (Wildman–Crippen LogP) is 6.16. The fraction of sp³-hybridized carbons (Fsp3) is 0.379. The van der Waals surface area contributed by atoms with Crippen LogP contribution in [0.15, 0.2) is 79.0 Å². The second-order valence-electron chi connectivity index (χ2n) is 9.60. The van der Waals surface area contributed by atoms with Crippen molar-refractivity contribution in [1.82, 2.24) is 0 Å². The molecular formula is C29H37N2O4+. The number of hydrogen-bond acceptors (Lipinski definition) is 4. The largest absolute Gasteiger partial charge is 0.507 e. The molecule has 0 aliphatic rings. The summed E-state index contributed by atoms with van der Waals surface area (Å²) in [7, 11) is 0. The van der Waals surface area contributed by atoms with Gasteiger partial charge in [-0.15, -0.1) is 0 Å². The van der Waals surface area contributed by atoms with Crippen molar-refractivity contribution in [2.75, 3.05) is 18.1 Å². The Bertz CT molecular complexity index is 1060. The number of hydrogen-bond donors (Lipinski definition) is 1. The summed E-state index contributed by atoms with van der Waals surface area (Å²) in [4.78, 5) is 14.2. The number of carbonyl (C=O) groups excluding carboxylic acids is 1. The lowest BCUT2D eigenvalue weighted by atomic mass is 9.90. The highest BCUT2D eigenvalue weighted by molar-refractivity contribution is 5.85. The van der Waals surface area contributed by atoms with Crippen molar-refractivity contribution in [3.63, 3.8) is 0 Å². The van der Waals surface area contributed by atoms with Crippen LogP contribution in [0.25, 0.3) is 0 Å². The molecule has 0 fully saturated rings. The molecule has 0 saturated carbocycles. The Morgan fingerprint density at radius 2 is 1.69 bits per heavy atom. The zero-order valence-corrected chi connectivity index (χ0v) is 21.2. The van der Waals surface area contributed by atoms with Crippen molar-refractivity contribution in [3.05, 3.63) is 90.1 Å². The minimum atomic E-state index is -0.639. The van der Waals surface area contributed by atoms with Gasteiger partial charge < -0.3 is 14.7 Å². The van der Waals surface area contributed by atoms with Crippen LogP contribution >= 0.6 is 0 Å². The number of aromatic nitrogens is 1. The van der Waals surface area contributed by atoms with Crippen molar-refractivity contribution in [3.8, 4) is 5.75 Å². The number of amides is 1. The van der Waals surface area contributed by atoms with Gasteiger partial charge in [0.1, 0.15) is 24.1 Å². The number of pyridine rings is 1. The van der Waals surface area contributed by atoms with Gasteiger partial charge in [-0.2, -0.15) is 9.69 Å². The first-order chi connectivity index (χ1) is 16.8. The van der Waals surface area contributed by atoms with Crippen LogP contribution in [-0.4, -0.2) is 30.1 Å². The normalized spacial score (nSPS) is 12.1. The third-order valence-corrected chi connectivity index (χ3v) is 5.67. The summed E-state index contributed by atoms with van der Waals surface area (Å²) in [6.45, 7) is 8.44. The van der Waals surface area contributed by atoms with Crippen LogP contribution in [0.2, 0.25) is 0 Å². The van der Waals surface area contributed by atoms with Crippen molar-refractivity contribution >= 4 is 11.9 Å². The number of anilines is 1. The van der Waals surface area contributed by atoms with Gasteiger partial charge in [0.05, 0.1) is 6.61 Å². The van der Waals surface area contributed by atoms with Crippen molar-refractivity contribution in [1.29, 1.82) is 0 Å². The minimum Gasteiger partial charge on any atom is -0.493 e. The summed E-state index contributed by atoms with van der Waals surface area (Å²) in [6.07, 6.45) is 3.61. The highest BCUT2D eigenvalue weighted by atomic mass is 16.6. The maximum Gasteiger partial charge on any atom is 0.507 e. The number of rotatable bonds is 10. The van der Waals surface area contributed by atoms with Crippen LogP contribution in [0.3, 0.4) is 0 Å². The molecule has 186 valence electrons. The Kier molecular flexibility index (Phi) is 9.12. The molecule has 3 rings (SSSR count). The summed E-state index contributed by atoms with van der Waals surface area (Å²) in [5.74, 6) is 1.63. The Morgan fingerprint density at radius 1 is 1.00 bits per heavy atom. The van der Waals surface area contributed by atoms with Gasteiger partial charge in [-0.25, -0.2) is 0 Å². The molecule has 1 N–H and O–H groups in total. The summed E-state index contributed by atoms with van der Waals surface area (Å²) in [5, 5.41) is 10.2. The summed E-state index contributed by atoms with van der Waals surface area (Å²) in [5.41, 5.74) is 2.01. The fourth-order valence-corrected chi connectivity index (χ4v) is 3.90. The third-order valence-electron chi connectivity index (χ3n) is 5.67. The van der Waals surface area contributed by atoms with Gasteiger partial charge in [-0.05, 0) is 68.9 Å². The van der Waals surface area contributed by atoms with Gasteiger partial charge in [0, 0.05) is 12.5 Å². The maximum absolute atomic E-state index is 12.8. The van der Waals surface area contributed by atoms with Crippen LogP contribution in [0.5, 0.6) is 5.75 Å². The predicted molar refractivity (Wildman–Crippen MR) is 137 cm³/mol. The molecular weight excluding hydrogens is 440 g/mol. The van der Waals surface area contributed by atoms with E-state index in [9.17, 15) is 10.0 Å². The van der Waals surface area contributed by atoms with Crippen LogP contribution in [0.4, 0.5) is 10.6 Å². The number of nitrogens with zero attached hydrogens (tertiary/aromatic N) is 2. The molecule has 35 heavy (non-hydrogen) atoms. The van der Waals surface area contributed by atoms with Crippen LogP contribution in [0.1, 0.15) is 57.6 Å². The van der Waals surface area contributed by atoms with Gasteiger partial charge in [0.15, 0.2) is 0 Å². The first-order valence-electron chi connectivity index (χ1n) is 12.2. The number of ether oxygens (including phenoxy) is 2. The van der Waals surface area contributed by atoms with Crippen molar-refractivity contribution < 1.29 is 24.2 Å². The van der Waals surface area contributed by atoms with E-state index in [1.54, 1.807) is 18.2 Å². The molecule has 0 saturated heterocycles. The van der Waals surface area contributed by atoms with Gasteiger partial charge in [0.2, 0.25) is 0 Å².